The first-order valence-corrected chi connectivity index (χ1v) is 7.54. The number of hydrogen-bond donors (Lipinski definition) is 1. The Labute approximate surface area is 128 Å². The van der Waals surface area contributed by atoms with E-state index >= 15 is 0 Å². The minimum atomic E-state index is 0.177. The number of benzene rings is 2. The molecule has 0 aliphatic rings. The molecule has 0 spiro atoms. The van der Waals surface area contributed by atoms with Gasteiger partial charge in [0, 0.05) is 28.2 Å². The van der Waals surface area contributed by atoms with Crippen molar-refractivity contribution in [2.75, 3.05) is 5.32 Å². The van der Waals surface area contributed by atoms with Crippen molar-refractivity contribution in [3.63, 3.8) is 0 Å². The van der Waals surface area contributed by atoms with Crippen LogP contribution in [0.25, 0.3) is 0 Å². The van der Waals surface area contributed by atoms with Gasteiger partial charge in [-0.05, 0) is 48.9 Å². The molecule has 1 atom stereocenters. The maximum absolute atomic E-state index is 11.6. The van der Waals surface area contributed by atoms with Gasteiger partial charge in [0.05, 0.1) is 0 Å². The molecule has 0 saturated carbocycles. The Balaban J connectivity index is 2.08. The summed E-state index contributed by atoms with van der Waals surface area (Å²) in [5.74, 6) is 0.177. The quantitative estimate of drug-likeness (QED) is 0.761. The van der Waals surface area contributed by atoms with Crippen LogP contribution in [0.15, 0.2) is 53.0 Å². The molecule has 1 N–H and O–H groups in total. The molecule has 2 aromatic carbocycles. The maximum atomic E-state index is 11.6. The van der Waals surface area contributed by atoms with Gasteiger partial charge in [-0.2, -0.15) is 0 Å². The summed E-state index contributed by atoms with van der Waals surface area (Å²) in [7, 11) is 0. The predicted octanol–water partition coefficient (Wildman–Crippen LogP) is 5.21. The van der Waals surface area contributed by atoms with E-state index in [1.54, 1.807) is 0 Å². The van der Waals surface area contributed by atoms with E-state index in [0.717, 1.165) is 15.7 Å². The Morgan fingerprint density at radius 3 is 2.50 bits per heavy atom. The number of carbonyl (C=O) groups excluding carboxylic acids is 1. The number of halogens is 1. The first-order valence-electron chi connectivity index (χ1n) is 6.75. The number of anilines is 1. The fourth-order valence-electron chi connectivity index (χ4n) is 2.07. The SMILES string of the molecule is CCC(=O)c1ccc(NC(C)c2cccc(Br)c2)cc1. The second-order valence-corrected chi connectivity index (χ2v) is 5.69. The van der Waals surface area contributed by atoms with Crippen molar-refractivity contribution in [2.45, 2.75) is 26.3 Å². The topological polar surface area (TPSA) is 29.1 Å². The normalized spacial score (nSPS) is 11.9. The van der Waals surface area contributed by atoms with Gasteiger partial charge in [0.15, 0.2) is 5.78 Å². The molecule has 2 rings (SSSR count). The summed E-state index contributed by atoms with van der Waals surface area (Å²) in [6.45, 7) is 4.00. The number of carbonyl (C=O) groups is 1. The largest absolute Gasteiger partial charge is 0.379 e. The minimum Gasteiger partial charge on any atom is -0.379 e. The zero-order chi connectivity index (χ0) is 14.5. The number of nitrogens with one attached hydrogen (secondary N) is 1. The van der Waals surface area contributed by atoms with Crippen LogP contribution in [0.5, 0.6) is 0 Å². The van der Waals surface area contributed by atoms with Crippen molar-refractivity contribution in [1.29, 1.82) is 0 Å². The van der Waals surface area contributed by atoms with Crippen LogP contribution in [0.4, 0.5) is 5.69 Å². The number of hydrogen-bond acceptors (Lipinski definition) is 2. The van der Waals surface area contributed by atoms with Crippen LogP contribution in [-0.2, 0) is 0 Å². The van der Waals surface area contributed by atoms with Crippen molar-refractivity contribution < 1.29 is 4.79 Å². The summed E-state index contributed by atoms with van der Waals surface area (Å²) >= 11 is 3.48. The Morgan fingerprint density at radius 1 is 1.20 bits per heavy atom. The highest BCUT2D eigenvalue weighted by atomic mass is 79.9. The van der Waals surface area contributed by atoms with Crippen LogP contribution < -0.4 is 5.32 Å². The first kappa shape index (κ1) is 14.8. The summed E-state index contributed by atoms with van der Waals surface area (Å²) in [4.78, 5) is 11.6. The Hall–Kier alpha value is -1.61. The highest BCUT2D eigenvalue weighted by Crippen LogP contribution is 2.22. The van der Waals surface area contributed by atoms with Crippen molar-refractivity contribution in [2.24, 2.45) is 0 Å². The molecule has 0 bridgehead atoms. The molecule has 2 aromatic rings. The Kier molecular flexibility index (Phi) is 4.96. The molecule has 0 fully saturated rings. The van der Waals surface area contributed by atoms with Gasteiger partial charge in [0.25, 0.3) is 0 Å². The highest BCUT2D eigenvalue weighted by Gasteiger charge is 2.07. The van der Waals surface area contributed by atoms with Crippen molar-refractivity contribution in [3.8, 4) is 0 Å². The summed E-state index contributed by atoms with van der Waals surface area (Å²) < 4.78 is 1.08. The lowest BCUT2D eigenvalue weighted by molar-refractivity contribution is 0.0988. The summed E-state index contributed by atoms with van der Waals surface area (Å²) in [5, 5.41) is 3.44. The summed E-state index contributed by atoms with van der Waals surface area (Å²) in [6, 6.07) is 16.1. The van der Waals surface area contributed by atoms with Gasteiger partial charge in [0.1, 0.15) is 0 Å². The zero-order valence-corrected chi connectivity index (χ0v) is 13.3. The van der Waals surface area contributed by atoms with Gasteiger partial charge in [-0.3, -0.25) is 4.79 Å². The van der Waals surface area contributed by atoms with E-state index in [9.17, 15) is 4.79 Å². The molecule has 0 heterocycles. The van der Waals surface area contributed by atoms with Crippen molar-refractivity contribution in [1.82, 2.24) is 0 Å². The second-order valence-electron chi connectivity index (χ2n) is 4.78. The first-order chi connectivity index (χ1) is 9.60. The van der Waals surface area contributed by atoms with Crippen LogP contribution in [0.1, 0.15) is 42.2 Å². The van der Waals surface area contributed by atoms with Gasteiger partial charge in [-0.1, -0.05) is 35.0 Å². The molecule has 0 aromatic heterocycles. The smallest absolute Gasteiger partial charge is 0.162 e. The lowest BCUT2D eigenvalue weighted by Gasteiger charge is -2.16. The molecule has 0 radical (unpaired) electrons. The highest BCUT2D eigenvalue weighted by molar-refractivity contribution is 9.10. The molecule has 1 unspecified atom stereocenters. The molecule has 0 aliphatic carbocycles. The van der Waals surface area contributed by atoms with Crippen LogP contribution in [0.3, 0.4) is 0 Å². The van der Waals surface area contributed by atoms with Crippen LogP contribution in [0, 0.1) is 0 Å². The van der Waals surface area contributed by atoms with Crippen molar-refractivity contribution in [3.05, 3.63) is 64.1 Å². The molecular formula is C17H18BrNO. The third-order valence-electron chi connectivity index (χ3n) is 3.26. The van der Waals surface area contributed by atoms with Crippen LogP contribution in [-0.4, -0.2) is 5.78 Å². The molecule has 3 heteroatoms. The lowest BCUT2D eigenvalue weighted by atomic mass is 10.1. The van der Waals surface area contributed by atoms with Crippen LogP contribution >= 0.6 is 15.9 Å². The van der Waals surface area contributed by atoms with E-state index < -0.39 is 0 Å². The van der Waals surface area contributed by atoms with E-state index in [2.05, 4.69) is 40.3 Å². The molecular weight excluding hydrogens is 314 g/mol. The third-order valence-corrected chi connectivity index (χ3v) is 3.75. The fourth-order valence-corrected chi connectivity index (χ4v) is 2.48. The average Bonchev–Trinajstić information content (AvgIpc) is 2.47. The molecule has 0 amide bonds. The van der Waals surface area contributed by atoms with Gasteiger partial charge in [0.2, 0.25) is 0 Å². The molecule has 0 aliphatic heterocycles. The molecule has 2 nitrogen and oxygen atoms in total. The Morgan fingerprint density at radius 2 is 1.90 bits per heavy atom. The third kappa shape index (κ3) is 3.70. The van der Waals surface area contributed by atoms with Gasteiger partial charge in [-0.15, -0.1) is 0 Å². The van der Waals surface area contributed by atoms with Gasteiger partial charge >= 0.3 is 0 Å². The van der Waals surface area contributed by atoms with E-state index in [0.29, 0.717) is 6.42 Å². The second kappa shape index (κ2) is 6.71. The van der Waals surface area contributed by atoms with Crippen molar-refractivity contribution >= 4 is 27.4 Å². The van der Waals surface area contributed by atoms with E-state index in [1.807, 2.05) is 43.3 Å². The average molecular weight is 332 g/mol. The standard InChI is InChI=1S/C17H18BrNO/c1-3-17(20)13-7-9-16(10-8-13)19-12(2)14-5-4-6-15(18)11-14/h4-12,19H,3H2,1-2H3. The molecule has 0 saturated heterocycles. The van der Waals surface area contributed by atoms with Crippen LogP contribution in [0.2, 0.25) is 0 Å². The van der Waals surface area contributed by atoms with Gasteiger partial charge in [-0.25, -0.2) is 0 Å². The fraction of sp³-hybridized carbons (Fsp3) is 0.235. The van der Waals surface area contributed by atoms with E-state index in [1.165, 1.54) is 5.56 Å². The number of ketones is 1. The Bertz CT molecular complexity index is 592. The number of Topliss-reactive ketones (excluding diaryl/α,β-unsaturated/α-hetero) is 1. The minimum absolute atomic E-state index is 0.177. The summed E-state index contributed by atoms with van der Waals surface area (Å²) in [6.07, 6.45) is 0.543. The van der Waals surface area contributed by atoms with Gasteiger partial charge < -0.3 is 5.32 Å². The van der Waals surface area contributed by atoms with E-state index in [-0.39, 0.29) is 11.8 Å². The summed E-state index contributed by atoms with van der Waals surface area (Å²) in [5.41, 5.74) is 3.01. The predicted molar refractivity (Wildman–Crippen MR) is 87.2 cm³/mol. The maximum Gasteiger partial charge on any atom is 0.162 e. The monoisotopic (exact) mass is 331 g/mol. The van der Waals surface area contributed by atoms with E-state index in [4.69, 9.17) is 0 Å². The lowest BCUT2D eigenvalue weighted by Crippen LogP contribution is -2.06. The molecule has 104 valence electrons. The molecule has 20 heavy (non-hydrogen) atoms. The zero-order valence-electron chi connectivity index (χ0n) is 11.7. The number of rotatable bonds is 5.